The molecule has 0 saturated carbocycles. The molecule has 2 aromatic rings. The van der Waals surface area contributed by atoms with Gasteiger partial charge in [0.05, 0.1) is 7.11 Å². The van der Waals surface area contributed by atoms with Crippen LogP contribution in [0.2, 0.25) is 0 Å². The normalized spacial score (nSPS) is 23.7. The maximum Gasteiger partial charge on any atom is 0.246 e. The third-order valence-corrected chi connectivity index (χ3v) is 6.58. The molecule has 0 unspecified atom stereocenters. The molecule has 2 heterocycles. The van der Waals surface area contributed by atoms with Crippen molar-refractivity contribution in [1.29, 1.82) is 0 Å². The van der Waals surface area contributed by atoms with Crippen LogP contribution in [0.5, 0.6) is 5.75 Å². The smallest absolute Gasteiger partial charge is 0.246 e. The van der Waals surface area contributed by atoms with E-state index in [0.29, 0.717) is 30.9 Å². The number of hydrogen-bond acceptors (Lipinski definition) is 4. The Hall–Kier alpha value is -3.67. The second-order valence-corrected chi connectivity index (χ2v) is 8.10. The Balaban J connectivity index is 1.53. The lowest BCUT2D eigenvalue weighted by molar-refractivity contribution is -0.155. The van der Waals surface area contributed by atoms with Crippen LogP contribution in [0.1, 0.15) is 12.0 Å². The summed E-state index contributed by atoms with van der Waals surface area (Å²) in [6.07, 6.45) is 6.75. The number of β-lactam (4-membered cyclic amide) rings is 1. The van der Waals surface area contributed by atoms with Gasteiger partial charge in [0.25, 0.3) is 0 Å². The molecule has 0 radical (unpaired) electrons. The van der Waals surface area contributed by atoms with Gasteiger partial charge in [-0.05, 0) is 60.6 Å². The van der Waals surface area contributed by atoms with Crippen molar-refractivity contribution in [2.24, 2.45) is 5.41 Å². The molecule has 0 N–H and O–H groups in total. The average Bonchev–Trinajstić information content (AvgIpc) is 3.15. The number of carbonyl (C=O) groups is 3. The van der Waals surface area contributed by atoms with Gasteiger partial charge in [0, 0.05) is 18.8 Å². The molecule has 5 rings (SSSR count). The van der Waals surface area contributed by atoms with E-state index >= 15 is 0 Å². The van der Waals surface area contributed by atoms with Crippen molar-refractivity contribution < 1.29 is 19.1 Å². The van der Waals surface area contributed by atoms with Crippen LogP contribution in [0.4, 0.5) is 5.69 Å². The Morgan fingerprint density at radius 3 is 2.23 bits per heavy atom. The van der Waals surface area contributed by atoms with Crippen LogP contribution < -0.4 is 9.64 Å². The molecule has 2 fully saturated rings. The molecule has 2 amide bonds. The fraction of sp³-hybridized carbons (Fsp3) is 0.240. The minimum atomic E-state index is -1.23. The van der Waals surface area contributed by atoms with E-state index in [0.717, 1.165) is 5.56 Å². The van der Waals surface area contributed by atoms with Crippen LogP contribution in [0.3, 0.4) is 0 Å². The molecular formula is C25H22N2O4. The molecule has 1 aliphatic carbocycles. The van der Waals surface area contributed by atoms with Crippen molar-refractivity contribution >= 4 is 23.3 Å². The van der Waals surface area contributed by atoms with Gasteiger partial charge in [-0.1, -0.05) is 30.3 Å². The number of amides is 2. The van der Waals surface area contributed by atoms with Crippen LogP contribution >= 0.6 is 0 Å². The molecule has 3 aliphatic rings. The molecule has 156 valence electrons. The number of ether oxygens (including phenoxy) is 1. The number of ketones is 1. The van der Waals surface area contributed by atoms with Gasteiger partial charge < -0.3 is 9.64 Å². The number of carbonyl (C=O) groups excluding carboxylic acids is 3. The standard InChI is InChI=1S/C25H22N2O4/c1-31-21-9-7-19(8-10-21)27-23(30)25(24(27)13-11-20(28)12-14-24)15-16-26(22(25)29)17-18-5-3-2-4-6-18/h2-14H,15-17H2,1H3/t25-/m0/s1. The van der Waals surface area contributed by atoms with E-state index in [1.807, 2.05) is 30.3 Å². The predicted octanol–water partition coefficient (Wildman–Crippen LogP) is 2.89. The highest BCUT2D eigenvalue weighted by Gasteiger charge is 2.76. The highest BCUT2D eigenvalue weighted by atomic mass is 16.5. The molecule has 2 saturated heterocycles. The zero-order valence-corrected chi connectivity index (χ0v) is 17.2. The Kier molecular flexibility index (Phi) is 4.32. The van der Waals surface area contributed by atoms with E-state index in [1.54, 1.807) is 53.3 Å². The number of likely N-dealkylation sites (tertiary alicyclic amines) is 1. The first-order chi connectivity index (χ1) is 15.0. The molecule has 6 nitrogen and oxygen atoms in total. The summed E-state index contributed by atoms with van der Waals surface area (Å²) in [6.45, 7) is 0.951. The number of methoxy groups -OCH3 is 1. The summed E-state index contributed by atoms with van der Waals surface area (Å²) in [5, 5.41) is 0. The maximum absolute atomic E-state index is 13.7. The third-order valence-electron chi connectivity index (χ3n) is 6.58. The minimum absolute atomic E-state index is 0.151. The summed E-state index contributed by atoms with van der Waals surface area (Å²) in [4.78, 5) is 42.5. The number of nitrogens with zero attached hydrogens (tertiary/aromatic N) is 2. The zero-order valence-electron chi connectivity index (χ0n) is 17.2. The number of benzene rings is 2. The molecule has 2 spiro atoms. The van der Waals surface area contributed by atoms with Crippen LogP contribution in [0, 0.1) is 5.41 Å². The predicted molar refractivity (Wildman–Crippen MR) is 115 cm³/mol. The van der Waals surface area contributed by atoms with Gasteiger partial charge in [0.15, 0.2) is 11.2 Å². The first-order valence-electron chi connectivity index (χ1n) is 10.3. The summed E-state index contributed by atoms with van der Waals surface area (Å²) >= 11 is 0. The van der Waals surface area contributed by atoms with E-state index in [4.69, 9.17) is 4.74 Å². The van der Waals surface area contributed by atoms with Crippen molar-refractivity contribution in [3.63, 3.8) is 0 Å². The molecule has 0 bridgehead atoms. The molecule has 6 heteroatoms. The molecular weight excluding hydrogens is 392 g/mol. The van der Waals surface area contributed by atoms with E-state index in [2.05, 4.69) is 0 Å². The van der Waals surface area contributed by atoms with Crippen LogP contribution in [0.25, 0.3) is 0 Å². The van der Waals surface area contributed by atoms with Crippen molar-refractivity contribution in [2.45, 2.75) is 18.5 Å². The SMILES string of the molecule is COc1ccc(N2C(=O)[C@@]3(CCN(Cc4ccccc4)C3=O)C23C=CC(=O)C=C3)cc1. The Morgan fingerprint density at radius 1 is 0.903 bits per heavy atom. The van der Waals surface area contributed by atoms with Crippen molar-refractivity contribution in [1.82, 2.24) is 4.90 Å². The number of allylic oxidation sites excluding steroid dienone is 2. The van der Waals surface area contributed by atoms with Crippen LogP contribution in [-0.4, -0.2) is 41.7 Å². The molecule has 2 aromatic carbocycles. The average molecular weight is 414 g/mol. The number of fused-ring (bicyclic) bond motifs is 1. The molecule has 31 heavy (non-hydrogen) atoms. The highest BCUT2D eigenvalue weighted by molar-refractivity contribution is 6.24. The molecule has 0 aromatic heterocycles. The lowest BCUT2D eigenvalue weighted by Crippen LogP contribution is -2.79. The van der Waals surface area contributed by atoms with Crippen molar-refractivity contribution in [2.75, 3.05) is 18.6 Å². The second kappa shape index (κ2) is 6.94. The Morgan fingerprint density at radius 2 is 1.58 bits per heavy atom. The Bertz CT molecular complexity index is 1100. The summed E-state index contributed by atoms with van der Waals surface area (Å²) in [5.74, 6) is 0.106. The third kappa shape index (κ3) is 2.61. The first kappa shape index (κ1) is 19.3. The van der Waals surface area contributed by atoms with Crippen molar-refractivity contribution in [3.8, 4) is 5.75 Å². The lowest BCUT2D eigenvalue weighted by Gasteiger charge is -2.60. The van der Waals surface area contributed by atoms with Gasteiger partial charge in [-0.3, -0.25) is 19.3 Å². The fourth-order valence-electron chi connectivity index (χ4n) is 5.00. The zero-order chi connectivity index (χ0) is 21.6. The van der Waals surface area contributed by atoms with Gasteiger partial charge in [0.1, 0.15) is 11.3 Å². The van der Waals surface area contributed by atoms with E-state index in [1.165, 1.54) is 12.2 Å². The quantitative estimate of drug-likeness (QED) is 0.570. The van der Waals surface area contributed by atoms with Gasteiger partial charge in [-0.25, -0.2) is 0 Å². The monoisotopic (exact) mass is 414 g/mol. The number of hydrogen-bond donors (Lipinski definition) is 0. The number of rotatable bonds is 4. The van der Waals surface area contributed by atoms with Crippen molar-refractivity contribution in [3.05, 3.63) is 84.5 Å². The second-order valence-electron chi connectivity index (χ2n) is 8.10. The van der Waals surface area contributed by atoms with E-state index in [9.17, 15) is 14.4 Å². The number of anilines is 1. The topological polar surface area (TPSA) is 66.9 Å². The lowest BCUT2D eigenvalue weighted by atomic mass is 9.57. The van der Waals surface area contributed by atoms with Gasteiger partial charge in [0.2, 0.25) is 11.8 Å². The van der Waals surface area contributed by atoms with Gasteiger partial charge in [-0.15, -0.1) is 0 Å². The summed E-state index contributed by atoms with van der Waals surface area (Å²) in [7, 11) is 1.58. The van der Waals surface area contributed by atoms with Crippen LogP contribution in [-0.2, 0) is 20.9 Å². The summed E-state index contributed by atoms with van der Waals surface area (Å²) < 4.78 is 5.22. The first-order valence-corrected chi connectivity index (χ1v) is 10.3. The van der Waals surface area contributed by atoms with E-state index < -0.39 is 11.0 Å². The van der Waals surface area contributed by atoms with Gasteiger partial charge in [-0.2, -0.15) is 0 Å². The fourth-order valence-corrected chi connectivity index (χ4v) is 5.00. The maximum atomic E-state index is 13.7. The summed E-state index contributed by atoms with van der Waals surface area (Å²) in [6, 6.07) is 16.9. The largest absolute Gasteiger partial charge is 0.497 e. The van der Waals surface area contributed by atoms with Gasteiger partial charge >= 0.3 is 0 Å². The highest BCUT2D eigenvalue weighted by Crippen LogP contribution is 2.58. The minimum Gasteiger partial charge on any atom is -0.497 e. The van der Waals surface area contributed by atoms with Crippen LogP contribution in [0.15, 0.2) is 78.9 Å². The Labute approximate surface area is 180 Å². The molecule has 1 atom stereocenters. The van der Waals surface area contributed by atoms with E-state index in [-0.39, 0.29) is 17.6 Å². The molecule has 2 aliphatic heterocycles. The summed E-state index contributed by atoms with van der Waals surface area (Å²) in [5.41, 5.74) is -0.537.